The van der Waals surface area contributed by atoms with Gasteiger partial charge in [0.05, 0.1) is 0 Å². The largest absolute Gasteiger partial charge is 0.311 e. The minimum atomic E-state index is -4.18. The van der Waals surface area contributed by atoms with Crippen molar-refractivity contribution in [3.63, 3.8) is 0 Å². The lowest BCUT2D eigenvalue weighted by molar-refractivity contribution is -0.117. The van der Waals surface area contributed by atoms with E-state index in [1.807, 2.05) is 27.7 Å². The van der Waals surface area contributed by atoms with Crippen molar-refractivity contribution in [1.29, 1.82) is 0 Å². The summed E-state index contributed by atoms with van der Waals surface area (Å²) in [4.78, 5) is 25.5. The third kappa shape index (κ3) is 4.81. The lowest BCUT2D eigenvalue weighted by Crippen LogP contribution is -2.32. The van der Waals surface area contributed by atoms with E-state index in [0.29, 0.717) is 24.3 Å². The van der Waals surface area contributed by atoms with Gasteiger partial charge in [-0.25, -0.2) is 17.2 Å². The van der Waals surface area contributed by atoms with Gasteiger partial charge in [-0.1, -0.05) is 27.7 Å². The quantitative estimate of drug-likeness (QED) is 0.511. The smallest absolute Gasteiger partial charge is 0.264 e. The first kappa shape index (κ1) is 26.1. The summed E-state index contributed by atoms with van der Waals surface area (Å²) in [5, 5.41) is 0. The Morgan fingerprint density at radius 1 is 0.853 bits per heavy atom. The Hall–Kier alpha value is -2.52. The van der Waals surface area contributed by atoms with Gasteiger partial charge in [-0.15, -0.1) is 0 Å². The number of nitrogens with zero attached hydrogens (tertiary/aromatic N) is 2. The molecule has 2 aliphatic rings. The van der Waals surface area contributed by atoms with Crippen LogP contribution in [0.4, 0.5) is 20.2 Å². The van der Waals surface area contributed by atoms with Gasteiger partial charge in [-0.3, -0.25) is 9.59 Å². The molecule has 2 heterocycles. The molecule has 2 amide bonds. The Labute approximate surface area is 202 Å². The molecule has 0 fully saturated rings. The minimum absolute atomic E-state index is 0.00781. The predicted octanol–water partition coefficient (Wildman–Crippen LogP) is 4.87. The van der Waals surface area contributed by atoms with Gasteiger partial charge in [0, 0.05) is 59.8 Å². The molecule has 0 bridgehead atoms. The van der Waals surface area contributed by atoms with Crippen LogP contribution in [0.1, 0.15) is 52.7 Å². The predicted molar refractivity (Wildman–Crippen MR) is 128 cm³/mol. The second-order valence-corrected chi connectivity index (χ2v) is 12.4. The van der Waals surface area contributed by atoms with Crippen molar-refractivity contribution >= 4 is 42.9 Å². The van der Waals surface area contributed by atoms with Crippen molar-refractivity contribution in [3.8, 4) is 0 Å². The molecular weight excluding hydrogens is 486 g/mol. The van der Waals surface area contributed by atoms with Crippen LogP contribution in [0.15, 0.2) is 35.2 Å². The molecule has 0 saturated carbocycles. The van der Waals surface area contributed by atoms with Gasteiger partial charge < -0.3 is 9.80 Å². The summed E-state index contributed by atoms with van der Waals surface area (Å²) >= 11 is 0. The van der Waals surface area contributed by atoms with Gasteiger partial charge >= 0.3 is 0 Å². The van der Waals surface area contributed by atoms with E-state index in [9.17, 15) is 26.8 Å². The zero-order chi connectivity index (χ0) is 25.8. The summed E-state index contributed by atoms with van der Waals surface area (Å²) in [5.41, 5.74) is 2.16. The first-order valence-corrected chi connectivity index (χ1v) is 12.9. The SMILES string of the molecule is CC(=O)N1CC(C)(C)c2cc(F)c(S(=O)(=O)Cl)cc21.CC(=O)N1CC(C)(C)c2cc(F)ccc21. The second kappa shape index (κ2) is 8.61. The van der Waals surface area contributed by atoms with E-state index in [4.69, 9.17) is 10.7 Å². The molecule has 0 N–H and O–H groups in total. The highest BCUT2D eigenvalue weighted by atomic mass is 35.7. The number of carbonyl (C=O) groups excluding carboxylic acids is 2. The maximum atomic E-state index is 13.8. The summed E-state index contributed by atoms with van der Waals surface area (Å²) < 4.78 is 49.6. The molecule has 0 unspecified atom stereocenters. The molecule has 0 aromatic heterocycles. The molecule has 0 radical (unpaired) electrons. The molecule has 0 saturated heterocycles. The Morgan fingerprint density at radius 2 is 1.32 bits per heavy atom. The molecule has 2 aliphatic heterocycles. The summed E-state index contributed by atoms with van der Waals surface area (Å²) in [5.74, 6) is -1.36. The zero-order valence-electron chi connectivity index (χ0n) is 19.9. The third-order valence-electron chi connectivity index (χ3n) is 6.18. The summed E-state index contributed by atoms with van der Waals surface area (Å²) in [6.45, 7) is 11.7. The summed E-state index contributed by atoms with van der Waals surface area (Å²) in [6, 6.07) is 6.88. The van der Waals surface area contributed by atoms with E-state index in [1.165, 1.54) is 30.9 Å². The van der Waals surface area contributed by atoms with E-state index in [2.05, 4.69) is 0 Å². The maximum absolute atomic E-state index is 13.8. The first-order valence-electron chi connectivity index (χ1n) is 10.6. The fourth-order valence-corrected chi connectivity index (χ4v) is 5.37. The summed E-state index contributed by atoms with van der Waals surface area (Å²) in [7, 11) is 1.01. The zero-order valence-corrected chi connectivity index (χ0v) is 21.4. The Kier molecular flexibility index (Phi) is 6.60. The fraction of sp³-hybridized carbons (Fsp3) is 0.417. The number of anilines is 2. The van der Waals surface area contributed by atoms with Crippen molar-refractivity contribution in [2.45, 2.75) is 57.3 Å². The van der Waals surface area contributed by atoms with Crippen LogP contribution in [0.5, 0.6) is 0 Å². The van der Waals surface area contributed by atoms with Crippen LogP contribution in [-0.2, 0) is 29.5 Å². The van der Waals surface area contributed by atoms with Gasteiger partial charge in [0.2, 0.25) is 11.8 Å². The minimum Gasteiger partial charge on any atom is -0.311 e. The lowest BCUT2D eigenvalue weighted by Gasteiger charge is -2.19. The van der Waals surface area contributed by atoms with Gasteiger partial charge in [0.1, 0.15) is 16.5 Å². The molecular formula is C24H27ClF2N2O4S. The van der Waals surface area contributed by atoms with Crippen LogP contribution < -0.4 is 9.80 Å². The van der Waals surface area contributed by atoms with Crippen LogP contribution >= 0.6 is 10.7 Å². The number of hydrogen-bond donors (Lipinski definition) is 0. The van der Waals surface area contributed by atoms with E-state index in [1.54, 1.807) is 11.0 Å². The van der Waals surface area contributed by atoms with Crippen molar-refractivity contribution in [2.75, 3.05) is 22.9 Å². The van der Waals surface area contributed by atoms with Crippen LogP contribution in [0, 0.1) is 11.6 Å². The van der Waals surface area contributed by atoms with Gasteiger partial charge in [-0.2, -0.15) is 0 Å². The molecule has 2 aromatic rings. The molecule has 34 heavy (non-hydrogen) atoms. The van der Waals surface area contributed by atoms with E-state index >= 15 is 0 Å². The average molecular weight is 513 g/mol. The molecule has 0 spiro atoms. The number of amides is 2. The number of benzene rings is 2. The van der Waals surface area contributed by atoms with Crippen molar-refractivity contribution in [3.05, 3.63) is 53.1 Å². The Bertz CT molecular complexity index is 1290. The maximum Gasteiger partial charge on any atom is 0.264 e. The topological polar surface area (TPSA) is 74.8 Å². The van der Waals surface area contributed by atoms with Crippen molar-refractivity contribution < 1.29 is 26.8 Å². The third-order valence-corrected chi connectivity index (χ3v) is 7.52. The van der Waals surface area contributed by atoms with E-state index in [-0.39, 0.29) is 23.0 Å². The first-order chi connectivity index (χ1) is 15.5. The van der Waals surface area contributed by atoms with Gasteiger partial charge in [-0.05, 0) is 41.5 Å². The van der Waals surface area contributed by atoms with E-state index in [0.717, 1.165) is 23.4 Å². The molecule has 10 heteroatoms. The molecule has 4 rings (SSSR count). The van der Waals surface area contributed by atoms with Gasteiger partial charge in [0.25, 0.3) is 9.05 Å². The summed E-state index contributed by atoms with van der Waals surface area (Å²) in [6.07, 6.45) is 0. The monoisotopic (exact) mass is 512 g/mol. The van der Waals surface area contributed by atoms with Crippen molar-refractivity contribution in [2.24, 2.45) is 0 Å². The van der Waals surface area contributed by atoms with Crippen molar-refractivity contribution in [1.82, 2.24) is 0 Å². The van der Waals surface area contributed by atoms with Crippen LogP contribution in [-0.4, -0.2) is 33.3 Å². The highest BCUT2D eigenvalue weighted by Crippen LogP contribution is 2.43. The number of carbonyl (C=O) groups is 2. The molecule has 184 valence electrons. The van der Waals surface area contributed by atoms with Crippen LogP contribution in [0.3, 0.4) is 0 Å². The number of halogens is 3. The van der Waals surface area contributed by atoms with Crippen LogP contribution in [0.25, 0.3) is 0 Å². The Balaban J connectivity index is 0.000000196. The van der Waals surface area contributed by atoms with Crippen LogP contribution in [0.2, 0.25) is 0 Å². The standard InChI is InChI=1S/C12H13ClFNO3S.C12H14FNO/c1-7(16)15-6-12(2,3)8-4-9(14)11(5-10(8)15)19(13,17)18;1-8(15)14-7-12(2,3)10-6-9(13)4-5-11(10)14/h4-5H,6H2,1-3H3;4-6H,7H2,1-3H3. The average Bonchev–Trinajstić information content (AvgIpc) is 3.11. The Morgan fingerprint density at radius 3 is 1.79 bits per heavy atom. The highest BCUT2D eigenvalue weighted by Gasteiger charge is 2.39. The fourth-order valence-electron chi connectivity index (χ4n) is 4.47. The number of fused-ring (bicyclic) bond motifs is 2. The number of hydrogen-bond acceptors (Lipinski definition) is 4. The van der Waals surface area contributed by atoms with E-state index < -0.39 is 25.2 Å². The highest BCUT2D eigenvalue weighted by molar-refractivity contribution is 8.13. The molecule has 0 aliphatic carbocycles. The normalized spacial score (nSPS) is 17.6. The molecule has 6 nitrogen and oxygen atoms in total. The van der Waals surface area contributed by atoms with Gasteiger partial charge in [0.15, 0.2) is 0 Å². The second-order valence-electron chi connectivity index (χ2n) is 9.88. The molecule has 0 atom stereocenters. The molecule has 2 aromatic carbocycles. The lowest BCUT2D eigenvalue weighted by atomic mass is 9.87. The number of rotatable bonds is 1.